The first-order valence-electron chi connectivity index (χ1n) is 9.32. The lowest BCUT2D eigenvalue weighted by molar-refractivity contribution is -0.124. The fourth-order valence-corrected chi connectivity index (χ4v) is 3.23. The van der Waals surface area contributed by atoms with E-state index in [9.17, 15) is 9.59 Å². The molecule has 0 aliphatic carbocycles. The van der Waals surface area contributed by atoms with Crippen molar-refractivity contribution in [2.24, 2.45) is 0 Å². The third-order valence-corrected chi connectivity index (χ3v) is 4.71. The van der Waals surface area contributed by atoms with E-state index in [-0.39, 0.29) is 30.6 Å². The van der Waals surface area contributed by atoms with Gasteiger partial charge in [0.05, 0.1) is 12.1 Å². The minimum absolute atomic E-state index is 0.00612. The average molecular weight is 361 g/mol. The Morgan fingerprint density at radius 2 is 2.08 bits per heavy atom. The van der Waals surface area contributed by atoms with Gasteiger partial charge in [-0.15, -0.1) is 0 Å². The summed E-state index contributed by atoms with van der Waals surface area (Å²) in [5.74, 6) is 0.445. The molecule has 2 unspecified atom stereocenters. The molecule has 0 aromatic heterocycles. The minimum atomic E-state index is -0.172. The number of ether oxygens (including phenoxy) is 2. The third kappa shape index (κ3) is 5.44. The molecule has 7 heteroatoms. The highest BCUT2D eigenvalue weighted by Crippen LogP contribution is 2.18. The lowest BCUT2D eigenvalue weighted by atomic mass is 10.2. The molecule has 0 radical (unpaired) electrons. The number of amides is 2. The zero-order valence-corrected chi connectivity index (χ0v) is 15.0. The number of para-hydroxylation sites is 1. The van der Waals surface area contributed by atoms with Crippen LogP contribution in [0.5, 0.6) is 5.75 Å². The first-order valence-corrected chi connectivity index (χ1v) is 9.32. The molecule has 3 rings (SSSR count). The van der Waals surface area contributed by atoms with E-state index in [1.165, 1.54) is 0 Å². The molecule has 2 fully saturated rings. The van der Waals surface area contributed by atoms with Crippen LogP contribution in [0.1, 0.15) is 31.2 Å². The topological polar surface area (TPSA) is 88.7 Å². The Hall–Kier alpha value is -2.12. The van der Waals surface area contributed by atoms with Crippen LogP contribution >= 0.6 is 0 Å². The highest BCUT2D eigenvalue weighted by atomic mass is 16.5. The van der Waals surface area contributed by atoms with Crippen molar-refractivity contribution in [1.82, 2.24) is 16.0 Å². The summed E-state index contributed by atoms with van der Waals surface area (Å²) in [5, 5.41) is 8.95. The van der Waals surface area contributed by atoms with E-state index in [2.05, 4.69) is 16.0 Å². The van der Waals surface area contributed by atoms with Gasteiger partial charge in [0.15, 0.2) is 6.61 Å². The summed E-state index contributed by atoms with van der Waals surface area (Å²) in [6, 6.07) is 7.33. The van der Waals surface area contributed by atoms with Crippen molar-refractivity contribution in [3.05, 3.63) is 29.8 Å². The van der Waals surface area contributed by atoms with Crippen molar-refractivity contribution in [3.63, 3.8) is 0 Å². The van der Waals surface area contributed by atoms with E-state index in [1.807, 2.05) is 24.3 Å². The van der Waals surface area contributed by atoms with Crippen LogP contribution in [0.15, 0.2) is 24.3 Å². The van der Waals surface area contributed by atoms with Crippen molar-refractivity contribution in [2.45, 2.75) is 44.4 Å². The molecule has 1 aromatic rings. The number of nitrogens with one attached hydrogen (secondary N) is 3. The van der Waals surface area contributed by atoms with Crippen LogP contribution in [-0.4, -0.2) is 50.3 Å². The molecule has 3 N–H and O–H groups in total. The maximum absolute atomic E-state index is 12.1. The van der Waals surface area contributed by atoms with Gasteiger partial charge in [0, 0.05) is 25.3 Å². The molecule has 2 heterocycles. The molecule has 142 valence electrons. The van der Waals surface area contributed by atoms with Gasteiger partial charge in [-0.3, -0.25) is 9.59 Å². The summed E-state index contributed by atoms with van der Waals surface area (Å²) in [6.45, 7) is 2.51. The third-order valence-electron chi connectivity index (χ3n) is 4.71. The van der Waals surface area contributed by atoms with Crippen LogP contribution in [0.25, 0.3) is 0 Å². The number of rotatable bonds is 8. The smallest absolute Gasteiger partial charge is 0.258 e. The number of carbonyl (C=O) groups is 2. The molecule has 1 aromatic carbocycles. The van der Waals surface area contributed by atoms with Crippen LogP contribution in [0.3, 0.4) is 0 Å². The van der Waals surface area contributed by atoms with Gasteiger partial charge in [-0.25, -0.2) is 0 Å². The highest BCUT2D eigenvalue weighted by Gasteiger charge is 2.22. The maximum atomic E-state index is 12.1. The Bertz CT molecular complexity index is 611. The molecule has 0 spiro atoms. The van der Waals surface area contributed by atoms with Crippen molar-refractivity contribution in [1.29, 1.82) is 0 Å². The van der Waals surface area contributed by atoms with Crippen molar-refractivity contribution in [3.8, 4) is 5.75 Å². The zero-order valence-electron chi connectivity index (χ0n) is 15.0. The van der Waals surface area contributed by atoms with Gasteiger partial charge in [0.25, 0.3) is 5.91 Å². The normalized spacial score (nSPS) is 22.2. The van der Waals surface area contributed by atoms with E-state index in [4.69, 9.17) is 9.47 Å². The van der Waals surface area contributed by atoms with Gasteiger partial charge in [0.1, 0.15) is 5.75 Å². The molecule has 2 amide bonds. The first-order chi connectivity index (χ1) is 12.7. The van der Waals surface area contributed by atoms with Gasteiger partial charge in [-0.2, -0.15) is 0 Å². The highest BCUT2D eigenvalue weighted by molar-refractivity contribution is 5.82. The standard InChI is InChI=1S/C19H27N3O4/c23-18(21-12-15-6-4-10-25-15)13-26-17-8-2-1-5-14(17)11-22-19(24)16-7-3-9-20-16/h1-2,5,8,15-16,20H,3-4,6-7,9-13H2,(H,21,23)(H,22,24). The lowest BCUT2D eigenvalue weighted by Crippen LogP contribution is -2.40. The Balaban J connectivity index is 1.43. The van der Waals surface area contributed by atoms with Crippen molar-refractivity contribution < 1.29 is 19.1 Å². The van der Waals surface area contributed by atoms with Crippen LogP contribution < -0.4 is 20.7 Å². The molecule has 2 aliphatic rings. The second kappa shape index (κ2) is 9.54. The van der Waals surface area contributed by atoms with E-state index in [1.54, 1.807) is 0 Å². The lowest BCUT2D eigenvalue weighted by Gasteiger charge is -2.15. The Kier molecular flexibility index (Phi) is 6.85. The fourth-order valence-electron chi connectivity index (χ4n) is 3.23. The summed E-state index contributed by atoms with van der Waals surface area (Å²) in [6.07, 6.45) is 4.05. The molecular formula is C19H27N3O4. The Morgan fingerprint density at radius 1 is 1.19 bits per heavy atom. The molecule has 0 bridgehead atoms. The molecule has 2 aliphatic heterocycles. The van der Waals surface area contributed by atoms with Gasteiger partial charge in [-0.05, 0) is 38.3 Å². The van der Waals surface area contributed by atoms with E-state index in [0.717, 1.165) is 44.4 Å². The van der Waals surface area contributed by atoms with E-state index >= 15 is 0 Å². The Morgan fingerprint density at radius 3 is 2.85 bits per heavy atom. The summed E-state index contributed by atoms with van der Waals surface area (Å²) in [5.41, 5.74) is 0.853. The van der Waals surface area contributed by atoms with Gasteiger partial charge < -0.3 is 25.4 Å². The maximum Gasteiger partial charge on any atom is 0.258 e. The zero-order chi connectivity index (χ0) is 18.2. The van der Waals surface area contributed by atoms with Gasteiger partial charge >= 0.3 is 0 Å². The molecule has 0 saturated carbocycles. The first kappa shape index (κ1) is 18.7. The number of benzene rings is 1. The number of carbonyl (C=O) groups excluding carboxylic acids is 2. The van der Waals surface area contributed by atoms with Crippen LogP contribution in [0.4, 0.5) is 0 Å². The quantitative estimate of drug-likeness (QED) is 0.635. The van der Waals surface area contributed by atoms with Crippen LogP contribution in [-0.2, 0) is 20.9 Å². The monoisotopic (exact) mass is 361 g/mol. The van der Waals surface area contributed by atoms with Crippen molar-refractivity contribution in [2.75, 3.05) is 26.3 Å². The molecular weight excluding hydrogens is 334 g/mol. The fraction of sp³-hybridized carbons (Fsp3) is 0.579. The van der Waals surface area contributed by atoms with E-state index in [0.29, 0.717) is 18.8 Å². The summed E-state index contributed by atoms with van der Waals surface area (Å²) >= 11 is 0. The van der Waals surface area contributed by atoms with Gasteiger partial charge in [0.2, 0.25) is 5.91 Å². The van der Waals surface area contributed by atoms with E-state index < -0.39 is 0 Å². The summed E-state index contributed by atoms with van der Waals surface area (Å²) in [7, 11) is 0. The largest absolute Gasteiger partial charge is 0.483 e. The number of hydrogen-bond acceptors (Lipinski definition) is 5. The second-order valence-electron chi connectivity index (χ2n) is 6.70. The summed E-state index contributed by atoms with van der Waals surface area (Å²) in [4.78, 5) is 24.1. The molecule has 2 saturated heterocycles. The predicted octanol–water partition coefficient (Wildman–Crippen LogP) is 0.729. The molecule has 2 atom stereocenters. The van der Waals surface area contributed by atoms with Gasteiger partial charge in [-0.1, -0.05) is 18.2 Å². The summed E-state index contributed by atoms with van der Waals surface area (Å²) < 4.78 is 11.1. The minimum Gasteiger partial charge on any atom is -0.483 e. The predicted molar refractivity (Wildman–Crippen MR) is 96.8 cm³/mol. The Labute approximate surface area is 153 Å². The van der Waals surface area contributed by atoms with Crippen molar-refractivity contribution >= 4 is 11.8 Å². The van der Waals surface area contributed by atoms with Crippen LogP contribution in [0.2, 0.25) is 0 Å². The van der Waals surface area contributed by atoms with Crippen LogP contribution in [0, 0.1) is 0 Å². The molecule has 7 nitrogen and oxygen atoms in total. The number of hydrogen-bond donors (Lipinski definition) is 3. The average Bonchev–Trinajstić information content (AvgIpc) is 3.37. The molecule has 26 heavy (non-hydrogen) atoms. The second-order valence-corrected chi connectivity index (χ2v) is 6.70. The SMILES string of the molecule is O=C(COc1ccccc1CNC(=O)C1CCCN1)NCC1CCCO1.